The molecule has 3 rings (SSSR count). The monoisotopic (exact) mass is 349 g/mol. The molecule has 3 heterocycles. The zero-order valence-electron chi connectivity index (χ0n) is 13.4. The predicted molar refractivity (Wildman–Crippen MR) is 98.3 cm³/mol. The quantitative estimate of drug-likeness (QED) is 0.829. The number of nitrogens with one attached hydrogen (secondary N) is 1. The third-order valence-corrected chi connectivity index (χ3v) is 5.65. The van der Waals surface area contributed by atoms with Crippen LogP contribution in [0.25, 0.3) is 0 Å². The molecule has 1 aliphatic rings. The molecule has 0 radical (unpaired) electrons. The van der Waals surface area contributed by atoms with E-state index in [4.69, 9.17) is 0 Å². The molecule has 1 aliphatic heterocycles. The first kappa shape index (κ1) is 16.7. The first-order chi connectivity index (χ1) is 11.3. The van der Waals surface area contributed by atoms with Gasteiger partial charge in [0.1, 0.15) is 5.01 Å². The van der Waals surface area contributed by atoms with Crippen LogP contribution in [0.15, 0.2) is 23.8 Å². The Hall–Kier alpha value is -1.18. The van der Waals surface area contributed by atoms with Crippen LogP contribution in [0.3, 0.4) is 0 Å². The highest BCUT2D eigenvalue weighted by Crippen LogP contribution is 2.17. The molecule has 23 heavy (non-hydrogen) atoms. The largest absolute Gasteiger partial charge is 0.341 e. The molecule has 0 spiro atoms. The van der Waals surface area contributed by atoms with Gasteiger partial charge in [-0.2, -0.15) is 11.8 Å². The van der Waals surface area contributed by atoms with Gasteiger partial charge in [0.05, 0.1) is 5.69 Å². The highest BCUT2D eigenvalue weighted by Gasteiger charge is 2.20. The molecule has 1 saturated heterocycles. The fraction of sp³-hybridized carbons (Fsp3) is 0.562. The first-order valence-corrected chi connectivity index (χ1v) is 10.3. The fourth-order valence-electron chi connectivity index (χ4n) is 2.80. The van der Waals surface area contributed by atoms with Crippen molar-refractivity contribution < 1.29 is 0 Å². The molecular formula is C16H23N5S2. The number of thiazole rings is 1. The van der Waals surface area contributed by atoms with E-state index in [1.54, 1.807) is 11.3 Å². The number of hydrogen-bond donors (Lipinski definition) is 1. The fourth-order valence-corrected chi connectivity index (χ4v) is 4.35. The molecule has 0 bridgehead atoms. The van der Waals surface area contributed by atoms with Crippen LogP contribution in [0.5, 0.6) is 0 Å². The Labute approximate surface area is 145 Å². The molecule has 124 valence electrons. The minimum absolute atomic E-state index is 0.597. The van der Waals surface area contributed by atoms with Crippen molar-refractivity contribution in [2.75, 3.05) is 30.8 Å². The van der Waals surface area contributed by atoms with Gasteiger partial charge in [-0.05, 0) is 25.2 Å². The molecule has 0 aliphatic carbocycles. The molecular weight excluding hydrogens is 326 g/mol. The Kier molecular flexibility index (Phi) is 6.24. The van der Waals surface area contributed by atoms with Gasteiger partial charge in [-0.15, -0.1) is 11.3 Å². The Morgan fingerprint density at radius 2 is 2.09 bits per heavy atom. The van der Waals surface area contributed by atoms with E-state index in [1.165, 1.54) is 10.7 Å². The summed E-state index contributed by atoms with van der Waals surface area (Å²) in [6.07, 6.45) is 9.06. The second-order valence-electron chi connectivity index (χ2n) is 5.68. The van der Waals surface area contributed by atoms with Crippen molar-refractivity contribution in [2.24, 2.45) is 0 Å². The first-order valence-electron chi connectivity index (χ1n) is 8.02. The Morgan fingerprint density at radius 3 is 2.83 bits per heavy atom. The lowest BCUT2D eigenvalue weighted by molar-refractivity contribution is 0.414. The van der Waals surface area contributed by atoms with Crippen LogP contribution in [0.1, 0.15) is 23.5 Å². The lowest BCUT2D eigenvalue weighted by Crippen LogP contribution is -2.43. The van der Waals surface area contributed by atoms with Crippen molar-refractivity contribution in [1.82, 2.24) is 20.3 Å². The zero-order chi connectivity index (χ0) is 15.9. The van der Waals surface area contributed by atoms with Crippen molar-refractivity contribution in [2.45, 2.75) is 31.1 Å². The van der Waals surface area contributed by atoms with Gasteiger partial charge < -0.3 is 10.2 Å². The smallest absolute Gasteiger partial charge is 0.225 e. The number of hydrogen-bond acceptors (Lipinski definition) is 7. The van der Waals surface area contributed by atoms with Gasteiger partial charge >= 0.3 is 0 Å². The predicted octanol–water partition coefficient (Wildman–Crippen LogP) is 2.60. The molecule has 1 fully saturated rings. The lowest BCUT2D eigenvalue weighted by atomic mass is 10.1. The van der Waals surface area contributed by atoms with Crippen molar-refractivity contribution in [1.29, 1.82) is 0 Å². The van der Waals surface area contributed by atoms with Crippen molar-refractivity contribution in [3.8, 4) is 0 Å². The number of piperidine rings is 1. The van der Waals surface area contributed by atoms with Gasteiger partial charge in [0.25, 0.3) is 0 Å². The summed E-state index contributed by atoms with van der Waals surface area (Å²) in [5, 5.41) is 7.11. The molecule has 2 aromatic rings. The van der Waals surface area contributed by atoms with E-state index >= 15 is 0 Å². The topological polar surface area (TPSA) is 53.9 Å². The third kappa shape index (κ3) is 4.89. The van der Waals surface area contributed by atoms with Gasteiger partial charge in [0.15, 0.2) is 0 Å². The number of nitrogens with zero attached hydrogens (tertiary/aromatic N) is 4. The third-order valence-electron chi connectivity index (χ3n) is 4.01. The van der Waals surface area contributed by atoms with E-state index in [2.05, 4.69) is 36.8 Å². The summed E-state index contributed by atoms with van der Waals surface area (Å²) < 4.78 is 0. The summed E-state index contributed by atoms with van der Waals surface area (Å²) in [7, 11) is 0. The molecule has 7 heteroatoms. The zero-order valence-corrected chi connectivity index (χ0v) is 15.1. The van der Waals surface area contributed by atoms with Crippen molar-refractivity contribution in [3.63, 3.8) is 0 Å². The average molecular weight is 350 g/mol. The number of aromatic nitrogens is 3. The van der Waals surface area contributed by atoms with E-state index in [-0.39, 0.29) is 0 Å². The van der Waals surface area contributed by atoms with Crippen molar-refractivity contribution >= 4 is 29.0 Å². The second kappa shape index (κ2) is 8.61. The van der Waals surface area contributed by atoms with Crippen LogP contribution in [0, 0.1) is 0 Å². The van der Waals surface area contributed by atoms with Crippen LogP contribution in [0.2, 0.25) is 0 Å². The molecule has 0 aromatic carbocycles. The number of thioether (sulfide) groups is 1. The summed E-state index contributed by atoms with van der Waals surface area (Å²) in [6.45, 7) is 3.06. The van der Waals surface area contributed by atoms with Crippen LogP contribution in [-0.4, -0.2) is 46.9 Å². The summed E-state index contributed by atoms with van der Waals surface area (Å²) in [6, 6.07) is 2.46. The SMILES string of the molecule is CSCc1nc(CCNC2CCN(c3ncccn3)CC2)cs1. The lowest BCUT2D eigenvalue weighted by Gasteiger charge is -2.32. The van der Waals surface area contributed by atoms with Gasteiger partial charge in [-0.3, -0.25) is 0 Å². The molecule has 0 saturated carbocycles. The molecule has 5 nitrogen and oxygen atoms in total. The maximum Gasteiger partial charge on any atom is 0.225 e. The van der Waals surface area contributed by atoms with E-state index in [1.807, 2.05) is 30.2 Å². The average Bonchev–Trinajstić information content (AvgIpc) is 3.04. The van der Waals surface area contributed by atoms with E-state index in [9.17, 15) is 0 Å². The minimum atomic E-state index is 0.597. The van der Waals surface area contributed by atoms with Gasteiger partial charge in [-0.1, -0.05) is 0 Å². The summed E-state index contributed by atoms with van der Waals surface area (Å²) in [5.41, 5.74) is 1.22. The van der Waals surface area contributed by atoms with Gasteiger partial charge in [-0.25, -0.2) is 15.0 Å². The maximum atomic E-state index is 4.67. The highest BCUT2D eigenvalue weighted by molar-refractivity contribution is 7.97. The van der Waals surface area contributed by atoms with Crippen LogP contribution >= 0.6 is 23.1 Å². The van der Waals surface area contributed by atoms with Crippen LogP contribution in [-0.2, 0) is 12.2 Å². The molecule has 1 N–H and O–H groups in total. The normalized spacial score (nSPS) is 16.0. The Morgan fingerprint density at radius 1 is 1.30 bits per heavy atom. The highest BCUT2D eigenvalue weighted by atomic mass is 32.2. The van der Waals surface area contributed by atoms with Crippen LogP contribution < -0.4 is 10.2 Å². The van der Waals surface area contributed by atoms with Crippen LogP contribution in [0.4, 0.5) is 5.95 Å². The van der Waals surface area contributed by atoms with Gasteiger partial charge in [0.2, 0.25) is 5.95 Å². The van der Waals surface area contributed by atoms with E-state index in [0.717, 1.165) is 50.6 Å². The molecule has 0 amide bonds. The summed E-state index contributed by atoms with van der Waals surface area (Å²) in [4.78, 5) is 15.6. The Balaban J connectivity index is 1.37. The van der Waals surface area contributed by atoms with E-state index < -0.39 is 0 Å². The second-order valence-corrected chi connectivity index (χ2v) is 7.49. The summed E-state index contributed by atoms with van der Waals surface area (Å²) >= 11 is 3.61. The number of anilines is 1. The maximum absolute atomic E-state index is 4.67. The Bertz CT molecular complexity index is 581. The molecule has 0 unspecified atom stereocenters. The molecule has 0 atom stereocenters. The van der Waals surface area contributed by atoms with Crippen molar-refractivity contribution in [3.05, 3.63) is 34.5 Å². The van der Waals surface area contributed by atoms with E-state index in [0.29, 0.717) is 6.04 Å². The molecule has 2 aromatic heterocycles. The van der Waals surface area contributed by atoms with Gasteiger partial charge in [0, 0.05) is 55.6 Å². The minimum Gasteiger partial charge on any atom is -0.341 e. The number of rotatable bonds is 7. The standard InChI is InChI=1S/C16H23N5S2/c1-22-12-15-20-14(11-23-15)3-8-17-13-4-9-21(10-5-13)16-18-6-2-7-19-16/h2,6-7,11,13,17H,3-5,8-10,12H2,1H3. The summed E-state index contributed by atoms with van der Waals surface area (Å²) in [5.74, 6) is 1.88.